The molecule has 0 aliphatic heterocycles. The zero-order valence-corrected chi connectivity index (χ0v) is 15.5. The summed E-state index contributed by atoms with van der Waals surface area (Å²) in [6, 6.07) is 10.7. The lowest BCUT2D eigenvalue weighted by atomic mass is 9.95. The van der Waals surface area contributed by atoms with Gasteiger partial charge in [0, 0.05) is 23.6 Å². The molecule has 2 N–H and O–H groups in total. The van der Waals surface area contributed by atoms with Crippen LogP contribution in [0.1, 0.15) is 59.9 Å². The molecule has 142 valence electrons. The number of aromatic nitrogens is 1. The molecule has 0 radical (unpaired) electrons. The first-order chi connectivity index (χ1) is 13.2. The number of anilines is 2. The first-order valence-electron chi connectivity index (χ1n) is 9.47. The van der Waals surface area contributed by atoms with Crippen LogP contribution in [0.3, 0.4) is 0 Å². The number of hydrogen-bond acceptors (Lipinski definition) is 5. The summed E-state index contributed by atoms with van der Waals surface area (Å²) in [6.45, 7) is 2.09. The predicted octanol–water partition coefficient (Wildman–Crippen LogP) is 4.26. The maximum absolute atomic E-state index is 12.5. The molecular weight excluding hydrogens is 342 g/mol. The maximum Gasteiger partial charge on any atom is 0.338 e. The number of rotatable bonds is 6. The van der Waals surface area contributed by atoms with Crippen LogP contribution in [-0.4, -0.2) is 29.5 Å². The van der Waals surface area contributed by atoms with Gasteiger partial charge in [-0.2, -0.15) is 0 Å². The summed E-state index contributed by atoms with van der Waals surface area (Å²) < 4.78 is 4.95. The Morgan fingerprint density at radius 1 is 1.07 bits per heavy atom. The zero-order valence-electron chi connectivity index (χ0n) is 15.5. The van der Waals surface area contributed by atoms with Gasteiger partial charge in [0.25, 0.3) is 5.91 Å². The molecule has 1 aliphatic carbocycles. The van der Waals surface area contributed by atoms with Crippen LogP contribution < -0.4 is 10.6 Å². The Morgan fingerprint density at radius 3 is 2.52 bits per heavy atom. The Hall–Kier alpha value is -2.89. The van der Waals surface area contributed by atoms with E-state index in [2.05, 4.69) is 15.6 Å². The molecule has 0 atom stereocenters. The highest BCUT2D eigenvalue weighted by molar-refractivity contribution is 6.03. The molecule has 1 saturated carbocycles. The molecule has 1 heterocycles. The highest BCUT2D eigenvalue weighted by Crippen LogP contribution is 2.22. The Bertz CT molecular complexity index is 784. The molecule has 1 aromatic heterocycles. The third-order valence-electron chi connectivity index (χ3n) is 4.62. The van der Waals surface area contributed by atoms with E-state index in [1.807, 2.05) is 6.07 Å². The summed E-state index contributed by atoms with van der Waals surface area (Å²) in [5.74, 6) is -0.662. The SMILES string of the molecule is CCOC(=O)c1ccc(NC(=O)c2cc(NC3CCCCC3)ccn2)cc1. The maximum atomic E-state index is 12.5. The Kier molecular flexibility index (Phi) is 6.41. The number of ether oxygens (including phenoxy) is 1. The lowest BCUT2D eigenvalue weighted by Gasteiger charge is -2.23. The van der Waals surface area contributed by atoms with E-state index in [1.165, 1.54) is 19.3 Å². The minimum atomic E-state index is -0.376. The third kappa shape index (κ3) is 5.29. The van der Waals surface area contributed by atoms with E-state index in [0.717, 1.165) is 18.5 Å². The Morgan fingerprint density at radius 2 is 1.81 bits per heavy atom. The van der Waals surface area contributed by atoms with Gasteiger partial charge < -0.3 is 15.4 Å². The van der Waals surface area contributed by atoms with Crippen molar-refractivity contribution in [2.24, 2.45) is 0 Å². The van der Waals surface area contributed by atoms with Crippen molar-refractivity contribution in [1.29, 1.82) is 0 Å². The van der Waals surface area contributed by atoms with E-state index >= 15 is 0 Å². The lowest BCUT2D eigenvalue weighted by molar-refractivity contribution is 0.0526. The van der Waals surface area contributed by atoms with Crippen molar-refractivity contribution >= 4 is 23.3 Å². The molecule has 2 aromatic rings. The average molecular weight is 367 g/mol. The van der Waals surface area contributed by atoms with Crippen molar-refractivity contribution in [3.63, 3.8) is 0 Å². The molecule has 6 nitrogen and oxygen atoms in total. The van der Waals surface area contributed by atoms with E-state index < -0.39 is 0 Å². The van der Waals surface area contributed by atoms with Crippen LogP contribution in [0.4, 0.5) is 11.4 Å². The smallest absolute Gasteiger partial charge is 0.338 e. The van der Waals surface area contributed by atoms with E-state index in [9.17, 15) is 9.59 Å². The highest BCUT2D eigenvalue weighted by atomic mass is 16.5. The molecule has 1 fully saturated rings. The summed E-state index contributed by atoms with van der Waals surface area (Å²) in [7, 11) is 0. The van der Waals surface area contributed by atoms with Crippen molar-refractivity contribution in [1.82, 2.24) is 4.98 Å². The Balaban J connectivity index is 1.62. The fourth-order valence-corrected chi connectivity index (χ4v) is 3.23. The number of carbonyl (C=O) groups is 2. The standard InChI is InChI=1S/C21H25N3O3/c1-2-27-21(26)15-8-10-17(11-9-15)24-20(25)19-14-18(12-13-22-19)23-16-6-4-3-5-7-16/h8-14,16H,2-7H2,1H3,(H,22,23)(H,24,25). The fourth-order valence-electron chi connectivity index (χ4n) is 3.23. The first kappa shape index (κ1) is 18.9. The van der Waals surface area contributed by atoms with Crippen molar-refractivity contribution in [3.05, 3.63) is 53.9 Å². The van der Waals surface area contributed by atoms with Crippen LogP contribution in [0.25, 0.3) is 0 Å². The van der Waals surface area contributed by atoms with Gasteiger partial charge in [0.2, 0.25) is 0 Å². The van der Waals surface area contributed by atoms with E-state index in [-0.39, 0.29) is 11.9 Å². The second-order valence-electron chi connectivity index (χ2n) is 6.66. The molecule has 6 heteroatoms. The second-order valence-corrected chi connectivity index (χ2v) is 6.66. The molecule has 0 unspecified atom stereocenters. The zero-order chi connectivity index (χ0) is 19.1. The van der Waals surface area contributed by atoms with Gasteiger partial charge in [0.1, 0.15) is 5.69 Å². The van der Waals surface area contributed by atoms with Gasteiger partial charge in [-0.1, -0.05) is 19.3 Å². The van der Waals surface area contributed by atoms with Crippen LogP contribution in [0.5, 0.6) is 0 Å². The fraction of sp³-hybridized carbons (Fsp3) is 0.381. The van der Waals surface area contributed by atoms with Gasteiger partial charge in [0.15, 0.2) is 0 Å². The van der Waals surface area contributed by atoms with Crippen molar-refractivity contribution in [2.75, 3.05) is 17.2 Å². The van der Waals surface area contributed by atoms with Gasteiger partial charge in [-0.3, -0.25) is 9.78 Å². The number of benzene rings is 1. The number of carbonyl (C=O) groups excluding carboxylic acids is 2. The largest absolute Gasteiger partial charge is 0.462 e. The second kappa shape index (κ2) is 9.16. The van der Waals surface area contributed by atoms with Crippen molar-refractivity contribution in [3.8, 4) is 0 Å². The number of pyridine rings is 1. The minimum absolute atomic E-state index is 0.286. The van der Waals surface area contributed by atoms with Crippen molar-refractivity contribution < 1.29 is 14.3 Å². The van der Waals surface area contributed by atoms with E-state index in [0.29, 0.717) is 29.6 Å². The number of hydrogen-bond donors (Lipinski definition) is 2. The van der Waals surface area contributed by atoms with Gasteiger partial charge in [-0.15, -0.1) is 0 Å². The van der Waals surface area contributed by atoms with Crippen LogP contribution >= 0.6 is 0 Å². The molecule has 0 spiro atoms. The first-order valence-corrected chi connectivity index (χ1v) is 9.47. The summed E-state index contributed by atoms with van der Waals surface area (Å²) in [5, 5.41) is 6.31. The summed E-state index contributed by atoms with van der Waals surface area (Å²) in [4.78, 5) is 28.3. The monoisotopic (exact) mass is 367 g/mol. The molecule has 1 amide bonds. The molecule has 27 heavy (non-hydrogen) atoms. The molecule has 0 saturated heterocycles. The van der Waals surface area contributed by atoms with Gasteiger partial charge in [0.05, 0.1) is 12.2 Å². The van der Waals surface area contributed by atoms with E-state index in [4.69, 9.17) is 4.74 Å². The molecule has 1 aliphatic rings. The average Bonchev–Trinajstić information content (AvgIpc) is 2.70. The van der Waals surface area contributed by atoms with E-state index in [1.54, 1.807) is 43.5 Å². The van der Waals surface area contributed by atoms with Crippen LogP contribution in [0.15, 0.2) is 42.6 Å². The molecule has 0 bridgehead atoms. The highest BCUT2D eigenvalue weighted by Gasteiger charge is 2.15. The van der Waals surface area contributed by atoms with Gasteiger partial charge in [-0.05, 0) is 56.2 Å². The van der Waals surface area contributed by atoms with Crippen LogP contribution in [-0.2, 0) is 4.74 Å². The number of esters is 1. The Labute approximate surface area is 159 Å². The summed E-state index contributed by atoms with van der Waals surface area (Å²) >= 11 is 0. The van der Waals surface area contributed by atoms with Crippen LogP contribution in [0.2, 0.25) is 0 Å². The molecule has 3 rings (SSSR count). The summed E-state index contributed by atoms with van der Waals surface area (Å²) in [5.41, 5.74) is 2.32. The topological polar surface area (TPSA) is 80.3 Å². The number of nitrogens with one attached hydrogen (secondary N) is 2. The number of amides is 1. The normalized spacial score (nSPS) is 14.4. The quantitative estimate of drug-likeness (QED) is 0.746. The molecule has 1 aromatic carbocycles. The van der Waals surface area contributed by atoms with Crippen LogP contribution in [0, 0.1) is 0 Å². The number of nitrogens with zero attached hydrogens (tertiary/aromatic N) is 1. The minimum Gasteiger partial charge on any atom is -0.462 e. The van der Waals surface area contributed by atoms with Gasteiger partial charge >= 0.3 is 5.97 Å². The molecular formula is C21H25N3O3. The predicted molar refractivity (Wildman–Crippen MR) is 105 cm³/mol. The van der Waals surface area contributed by atoms with Gasteiger partial charge in [-0.25, -0.2) is 4.79 Å². The lowest BCUT2D eigenvalue weighted by Crippen LogP contribution is -2.22. The summed E-state index contributed by atoms with van der Waals surface area (Å²) in [6.07, 6.45) is 7.77. The van der Waals surface area contributed by atoms with Crippen molar-refractivity contribution in [2.45, 2.75) is 45.1 Å². The third-order valence-corrected chi connectivity index (χ3v) is 4.62.